The normalized spacial score (nSPS) is 13.9. The molecule has 0 aliphatic heterocycles. The van der Waals surface area contributed by atoms with Gasteiger partial charge >= 0.3 is 0 Å². The average Bonchev–Trinajstić information content (AvgIpc) is 3.31. The van der Waals surface area contributed by atoms with Crippen molar-refractivity contribution >= 4 is 23.0 Å². The highest BCUT2D eigenvalue weighted by molar-refractivity contribution is 6.33. The molecule has 1 fully saturated rings. The topological polar surface area (TPSA) is 46.4 Å². The molecule has 4 nitrogen and oxygen atoms in total. The van der Waals surface area contributed by atoms with E-state index in [-0.39, 0.29) is 5.69 Å². The predicted molar refractivity (Wildman–Crippen MR) is 88.3 cm³/mol. The zero-order valence-corrected chi connectivity index (χ0v) is 12.9. The highest BCUT2D eigenvalue weighted by Gasteiger charge is 2.26. The van der Waals surface area contributed by atoms with Crippen molar-refractivity contribution in [3.63, 3.8) is 0 Å². The molecule has 1 aliphatic carbocycles. The Balaban J connectivity index is 1.86. The van der Waals surface area contributed by atoms with Crippen LogP contribution in [0.15, 0.2) is 48.5 Å². The van der Waals surface area contributed by atoms with Gasteiger partial charge in [-0.05, 0) is 30.4 Å². The Hall–Kier alpha value is -2.07. The van der Waals surface area contributed by atoms with E-state index in [2.05, 4.69) is 17.0 Å². The molecule has 0 atom stereocenters. The Kier molecular flexibility index (Phi) is 4.29. The summed E-state index contributed by atoms with van der Waals surface area (Å²) < 4.78 is 0. The van der Waals surface area contributed by atoms with Crippen molar-refractivity contribution in [3.05, 3.63) is 69.2 Å². The molecule has 0 N–H and O–H groups in total. The summed E-state index contributed by atoms with van der Waals surface area (Å²) in [5, 5.41) is 11.3. The van der Waals surface area contributed by atoms with Gasteiger partial charge in [0.25, 0.3) is 5.69 Å². The van der Waals surface area contributed by atoms with Crippen LogP contribution < -0.4 is 4.90 Å². The summed E-state index contributed by atoms with van der Waals surface area (Å²) in [6.45, 7) is 1.70. The largest absolute Gasteiger partial charge is 0.366 e. The average molecular weight is 317 g/mol. The maximum Gasteiger partial charge on any atom is 0.271 e. The van der Waals surface area contributed by atoms with E-state index in [1.807, 2.05) is 18.2 Å². The van der Waals surface area contributed by atoms with Crippen LogP contribution in [0.1, 0.15) is 18.4 Å². The van der Waals surface area contributed by atoms with Gasteiger partial charge in [0.1, 0.15) is 0 Å². The zero-order valence-electron chi connectivity index (χ0n) is 12.1. The van der Waals surface area contributed by atoms with Crippen molar-refractivity contribution in [2.45, 2.75) is 19.4 Å². The SMILES string of the molecule is O=[N+]([O-])c1ccc(N(Cc2ccccc2)CC2CC2)c(Cl)c1. The maximum absolute atomic E-state index is 10.8. The Morgan fingerprint density at radius 3 is 2.50 bits per heavy atom. The zero-order chi connectivity index (χ0) is 15.5. The fourth-order valence-corrected chi connectivity index (χ4v) is 2.82. The van der Waals surface area contributed by atoms with E-state index >= 15 is 0 Å². The number of benzene rings is 2. The lowest BCUT2D eigenvalue weighted by molar-refractivity contribution is -0.384. The quantitative estimate of drug-likeness (QED) is 0.575. The van der Waals surface area contributed by atoms with Crippen LogP contribution in [0.2, 0.25) is 5.02 Å². The van der Waals surface area contributed by atoms with Crippen LogP contribution in [-0.2, 0) is 6.54 Å². The summed E-state index contributed by atoms with van der Waals surface area (Å²) in [7, 11) is 0. The molecule has 2 aromatic carbocycles. The van der Waals surface area contributed by atoms with Gasteiger partial charge in [0.05, 0.1) is 15.6 Å². The molecule has 0 unspecified atom stereocenters. The van der Waals surface area contributed by atoms with Gasteiger partial charge in [0, 0.05) is 25.2 Å². The van der Waals surface area contributed by atoms with Gasteiger partial charge in [-0.2, -0.15) is 0 Å². The molecule has 0 spiro atoms. The van der Waals surface area contributed by atoms with Crippen LogP contribution >= 0.6 is 11.6 Å². The highest BCUT2D eigenvalue weighted by Crippen LogP contribution is 2.36. The molecule has 3 rings (SSSR count). The fraction of sp³-hybridized carbons (Fsp3) is 0.294. The molecule has 22 heavy (non-hydrogen) atoms. The van der Waals surface area contributed by atoms with Gasteiger partial charge in [-0.25, -0.2) is 0 Å². The summed E-state index contributed by atoms with van der Waals surface area (Å²) in [5.74, 6) is 0.704. The van der Waals surface area contributed by atoms with Crippen LogP contribution in [-0.4, -0.2) is 11.5 Å². The number of nitrogens with zero attached hydrogens (tertiary/aromatic N) is 2. The van der Waals surface area contributed by atoms with Crippen LogP contribution in [0.3, 0.4) is 0 Å². The minimum Gasteiger partial charge on any atom is -0.366 e. The van der Waals surface area contributed by atoms with Crippen molar-refractivity contribution < 1.29 is 4.92 Å². The first-order chi connectivity index (χ1) is 10.6. The van der Waals surface area contributed by atoms with Crippen LogP contribution in [0.4, 0.5) is 11.4 Å². The van der Waals surface area contributed by atoms with E-state index in [0.717, 1.165) is 18.8 Å². The van der Waals surface area contributed by atoms with E-state index in [1.165, 1.54) is 30.5 Å². The number of hydrogen-bond acceptors (Lipinski definition) is 3. The van der Waals surface area contributed by atoms with Crippen molar-refractivity contribution in [2.24, 2.45) is 5.92 Å². The molecule has 1 saturated carbocycles. The van der Waals surface area contributed by atoms with E-state index in [1.54, 1.807) is 6.07 Å². The standard InChI is InChI=1S/C17H17ClN2O2/c18-16-10-15(20(21)22)8-9-17(16)19(12-14-6-7-14)11-13-4-2-1-3-5-13/h1-5,8-10,14H,6-7,11-12H2. The summed E-state index contributed by atoms with van der Waals surface area (Å²) in [5.41, 5.74) is 2.10. The lowest BCUT2D eigenvalue weighted by Crippen LogP contribution is -2.25. The molecule has 2 aromatic rings. The Morgan fingerprint density at radius 1 is 1.18 bits per heavy atom. The third-order valence-corrected chi connectivity index (χ3v) is 4.18. The van der Waals surface area contributed by atoms with Gasteiger partial charge in [0.2, 0.25) is 0 Å². The minimum atomic E-state index is -0.419. The third-order valence-electron chi connectivity index (χ3n) is 3.87. The molecule has 114 valence electrons. The summed E-state index contributed by atoms with van der Waals surface area (Å²) in [6.07, 6.45) is 2.49. The first-order valence-corrected chi connectivity index (χ1v) is 7.74. The molecule has 0 radical (unpaired) electrons. The van der Waals surface area contributed by atoms with E-state index < -0.39 is 4.92 Å². The van der Waals surface area contributed by atoms with Crippen molar-refractivity contribution in [1.82, 2.24) is 0 Å². The van der Waals surface area contributed by atoms with Crippen molar-refractivity contribution in [1.29, 1.82) is 0 Å². The third kappa shape index (κ3) is 3.57. The predicted octanol–water partition coefficient (Wildman–Crippen LogP) is 4.66. The number of nitro benzene ring substituents is 1. The summed E-state index contributed by atoms with van der Waals surface area (Å²) >= 11 is 6.29. The second-order valence-corrected chi connectivity index (χ2v) is 6.11. The van der Waals surface area contributed by atoms with E-state index in [4.69, 9.17) is 11.6 Å². The number of rotatable bonds is 6. The lowest BCUT2D eigenvalue weighted by atomic mass is 10.1. The molecule has 0 saturated heterocycles. The number of anilines is 1. The minimum absolute atomic E-state index is 0.0276. The summed E-state index contributed by atoms with van der Waals surface area (Å²) in [4.78, 5) is 12.6. The maximum atomic E-state index is 10.8. The Labute approximate surface area is 134 Å². The number of hydrogen-bond donors (Lipinski definition) is 0. The smallest absolute Gasteiger partial charge is 0.271 e. The second-order valence-electron chi connectivity index (χ2n) is 5.70. The fourth-order valence-electron chi connectivity index (χ4n) is 2.53. The monoisotopic (exact) mass is 316 g/mol. The molecular formula is C17H17ClN2O2. The van der Waals surface area contributed by atoms with E-state index in [9.17, 15) is 10.1 Å². The Morgan fingerprint density at radius 2 is 1.91 bits per heavy atom. The second kappa shape index (κ2) is 6.36. The molecular weight excluding hydrogens is 300 g/mol. The molecule has 0 amide bonds. The van der Waals surface area contributed by atoms with Crippen LogP contribution in [0, 0.1) is 16.0 Å². The highest BCUT2D eigenvalue weighted by atomic mass is 35.5. The molecule has 5 heteroatoms. The van der Waals surface area contributed by atoms with Gasteiger partial charge in [-0.15, -0.1) is 0 Å². The number of non-ortho nitro benzene ring substituents is 1. The number of halogens is 1. The molecule has 0 heterocycles. The summed E-state index contributed by atoms with van der Waals surface area (Å²) in [6, 6.07) is 14.9. The van der Waals surface area contributed by atoms with Crippen molar-refractivity contribution in [2.75, 3.05) is 11.4 Å². The lowest BCUT2D eigenvalue weighted by Gasteiger charge is -2.26. The van der Waals surface area contributed by atoms with Crippen LogP contribution in [0.5, 0.6) is 0 Å². The van der Waals surface area contributed by atoms with Gasteiger partial charge in [-0.3, -0.25) is 10.1 Å². The van der Waals surface area contributed by atoms with Crippen molar-refractivity contribution in [3.8, 4) is 0 Å². The molecule has 0 bridgehead atoms. The first kappa shape index (κ1) is 14.9. The van der Waals surface area contributed by atoms with Gasteiger partial charge < -0.3 is 4.90 Å². The first-order valence-electron chi connectivity index (χ1n) is 7.36. The molecule has 0 aromatic heterocycles. The number of nitro groups is 1. The van der Waals surface area contributed by atoms with E-state index in [0.29, 0.717) is 10.9 Å². The Bertz CT molecular complexity index is 672. The molecule has 1 aliphatic rings. The van der Waals surface area contributed by atoms with Gasteiger partial charge in [0.15, 0.2) is 0 Å². The van der Waals surface area contributed by atoms with Gasteiger partial charge in [-0.1, -0.05) is 41.9 Å². The van der Waals surface area contributed by atoms with Crippen LogP contribution in [0.25, 0.3) is 0 Å².